The topological polar surface area (TPSA) is 24.9 Å². The molecule has 2 heterocycles. The summed E-state index contributed by atoms with van der Waals surface area (Å²) in [5.41, 5.74) is 1.18. The first kappa shape index (κ1) is 8.02. The average molecular weight is 183 g/mol. The molecule has 3 heteroatoms. The van der Waals surface area contributed by atoms with Crippen LogP contribution in [0.25, 0.3) is 0 Å². The third-order valence-corrected chi connectivity index (χ3v) is 2.64. The first-order chi connectivity index (χ1) is 5.88. The van der Waals surface area contributed by atoms with Gasteiger partial charge in [0.25, 0.3) is 0 Å². The quantitative estimate of drug-likeness (QED) is 0.717. The summed E-state index contributed by atoms with van der Waals surface area (Å²) in [4.78, 5) is 4.08. The van der Waals surface area contributed by atoms with Gasteiger partial charge in [0.05, 0.1) is 0 Å². The van der Waals surface area contributed by atoms with Gasteiger partial charge in [-0.3, -0.25) is 4.98 Å². The second kappa shape index (κ2) is 3.42. The van der Waals surface area contributed by atoms with E-state index in [1.54, 1.807) is 6.20 Å². The van der Waals surface area contributed by atoms with Gasteiger partial charge in [-0.2, -0.15) is 0 Å². The van der Waals surface area contributed by atoms with Crippen LogP contribution in [0.15, 0.2) is 18.5 Å². The molecule has 1 N–H and O–H groups in total. The largest absolute Gasteiger partial charge is 0.316 e. The summed E-state index contributed by atoms with van der Waals surface area (Å²) in [6.07, 6.45) is 4.78. The van der Waals surface area contributed by atoms with E-state index in [1.165, 1.54) is 12.0 Å². The van der Waals surface area contributed by atoms with Crippen LogP contribution in [0, 0.1) is 0 Å². The Morgan fingerprint density at radius 2 is 2.50 bits per heavy atom. The van der Waals surface area contributed by atoms with Gasteiger partial charge in [-0.05, 0) is 24.6 Å². The van der Waals surface area contributed by atoms with Gasteiger partial charge < -0.3 is 5.32 Å². The molecule has 0 saturated carbocycles. The van der Waals surface area contributed by atoms with Gasteiger partial charge in [0.1, 0.15) is 0 Å². The molecule has 0 aromatic carbocycles. The molecule has 0 bridgehead atoms. The van der Waals surface area contributed by atoms with Crippen LogP contribution in [0.3, 0.4) is 0 Å². The van der Waals surface area contributed by atoms with E-state index in [-0.39, 0.29) is 0 Å². The average Bonchev–Trinajstić information content (AvgIpc) is 2.57. The third-order valence-electron chi connectivity index (χ3n) is 2.30. The van der Waals surface area contributed by atoms with Crippen LogP contribution in [0.1, 0.15) is 17.9 Å². The summed E-state index contributed by atoms with van der Waals surface area (Å²) in [5.74, 6) is 0.561. The first-order valence-corrected chi connectivity index (χ1v) is 4.56. The van der Waals surface area contributed by atoms with E-state index in [4.69, 9.17) is 11.6 Å². The maximum Gasteiger partial charge on any atom is 0.0471 e. The van der Waals surface area contributed by atoms with Crippen LogP contribution >= 0.6 is 11.6 Å². The highest BCUT2D eigenvalue weighted by molar-refractivity contribution is 6.31. The molecule has 1 aromatic heterocycles. The van der Waals surface area contributed by atoms with E-state index in [1.807, 2.05) is 12.3 Å². The van der Waals surface area contributed by atoms with E-state index < -0.39 is 0 Å². The summed E-state index contributed by atoms with van der Waals surface area (Å²) >= 11 is 6.04. The van der Waals surface area contributed by atoms with Crippen LogP contribution in [0.5, 0.6) is 0 Å². The van der Waals surface area contributed by atoms with Crippen molar-refractivity contribution in [2.45, 2.75) is 12.3 Å². The van der Waals surface area contributed by atoms with Crippen molar-refractivity contribution in [1.29, 1.82) is 0 Å². The number of hydrogen-bond donors (Lipinski definition) is 1. The van der Waals surface area contributed by atoms with Crippen molar-refractivity contribution < 1.29 is 0 Å². The Morgan fingerprint density at radius 1 is 1.58 bits per heavy atom. The minimum absolute atomic E-state index is 0.561. The monoisotopic (exact) mass is 182 g/mol. The van der Waals surface area contributed by atoms with Crippen LogP contribution < -0.4 is 5.32 Å². The van der Waals surface area contributed by atoms with E-state index in [2.05, 4.69) is 10.3 Å². The van der Waals surface area contributed by atoms with Crippen molar-refractivity contribution in [2.75, 3.05) is 13.1 Å². The Morgan fingerprint density at radius 3 is 3.17 bits per heavy atom. The minimum atomic E-state index is 0.561. The maximum atomic E-state index is 6.04. The van der Waals surface area contributed by atoms with Gasteiger partial charge in [-0.25, -0.2) is 0 Å². The standard InChI is InChI=1S/C9H11ClN2/c10-9-2-4-12-6-8(9)7-1-3-11-5-7/h2,4,6-7,11H,1,3,5H2. The molecular weight excluding hydrogens is 172 g/mol. The Balaban J connectivity index is 2.26. The van der Waals surface area contributed by atoms with E-state index in [0.29, 0.717) is 5.92 Å². The van der Waals surface area contributed by atoms with Crippen LogP contribution in [-0.4, -0.2) is 18.1 Å². The molecule has 0 aliphatic carbocycles. The number of nitrogens with one attached hydrogen (secondary N) is 1. The number of nitrogens with zero attached hydrogens (tertiary/aromatic N) is 1. The van der Waals surface area contributed by atoms with E-state index >= 15 is 0 Å². The fraction of sp³-hybridized carbons (Fsp3) is 0.444. The van der Waals surface area contributed by atoms with Gasteiger partial charge in [-0.15, -0.1) is 0 Å². The van der Waals surface area contributed by atoms with Gasteiger partial charge in [0.2, 0.25) is 0 Å². The molecule has 2 nitrogen and oxygen atoms in total. The molecule has 1 atom stereocenters. The zero-order valence-corrected chi connectivity index (χ0v) is 7.51. The predicted octanol–water partition coefficient (Wildman–Crippen LogP) is 1.81. The van der Waals surface area contributed by atoms with E-state index in [0.717, 1.165) is 18.1 Å². The van der Waals surface area contributed by atoms with Crippen molar-refractivity contribution >= 4 is 11.6 Å². The van der Waals surface area contributed by atoms with Gasteiger partial charge in [-0.1, -0.05) is 11.6 Å². The number of rotatable bonds is 1. The maximum absolute atomic E-state index is 6.04. The SMILES string of the molecule is Clc1ccncc1C1CCNC1. The molecule has 64 valence electrons. The fourth-order valence-corrected chi connectivity index (χ4v) is 1.87. The summed E-state index contributed by atoms with van der Waals surface area (Å²) in [5, 5.41) is 4.16. The summed E-state index contributed by atoms with van der Waals surface area (Å²) < 4.78 is 0. The summed E-state index contributed by atoms with van der Waals surface area (Å²) in [7, 11) is 0. The first-order valence-electron chi connectivity index (χ1n) is 4.18. The smallest absolute Gasteiger partial charge is 0.0471 e. The highest BCUT2D eigenvalue weighted by Crippen LogP contribution is 2.27. The van der Waals surface area contributed by atoms with Crippen molar-refractivity contribution in [2.24, 2.45) is 0 Å². The molecule has 1 aliphatic rings. The normalized spacial score (nSPS) is 22.9. The molecule has 1 fully saturated rings. The zero-order valence-electron chi connectivity index (χ0n) is 6.76. The lowest BCUT2D eigenvalue weighted by Gasteiger charge is -2.08. The third kappa shape index (κ3) is 1.45. The molecular formula is C9H11ClN2. The van der Waals surface area contributed by atoms with Crippen molar-refractivity contribution in [3.8, 4) is 0 Å². The second-order valence-corrected chi connectivity index (χ2v) is 3.49. The zero-order chi connectivity index (χ0) is 8.39. The number of hydrogen-bond acceptors (Lipinski definition) is 2. The van der Waals surface area contributed by atoms with Crippen molar-refractivity contribution in [1.82, 2.24) is 10.3 Å². The molecule has 1 unspecified atom stereocenters. The molecule has 12 heavy (non-hydrogen) atoms. The molecule has 1 saturated heterocycles. The highest BCUT2D eigenvalue weighted by Gasteiger charge is 2.18. The Kier molecular flexibility index (Phi) is 2.28. The van der Waals surface area contributed by atoms with Crippen LogP contribution in [0.4, 0.5) is 0 Å². The Hall–Kier alpha value is -0.600. The highest BCUT2D eigenvalue weighted by atomic mass is 35.5. The predicted molar refractivity (Wildman–Crippen MR) is 49.5 cm³/mol. The fourth-order valence-electron chi connectivity index (χ4n) is 1.61. The molecule has 1 aromatic rings. The molecule has 0 amide bonds. The van der Waals surface area contributed by atoms with Gasteiger partial charge in [0, 0.05) is 29.9 Å². The summed E-state index contributed by atoms with van der Waals surface area (Å²) in [6, 6.07) is 1.86. The van der Waals surface area contributed by atoms with Crippen LogP contribution in [-0.2, 0) is 0 Å². The minimum Gasteiger partial charge on any atom is -0.316 e. The lowest BCUT2D eigenvalue weighted by atomic mass is 10.0. The Labute approximate surface area is 77.0 Å². The summed E-state index contributed by atoms with van der Waals surface area (Å²) in [6.45, 7) is 2.13. The van der Waals surface area contributed by atoms with Gasteiger partial charge in [0.15, 0.2) is 0 Å². The Bertz CT molecular complexity index is 269. The number of pyridine rings is 1. The number of halogens is 1. The molecule has 2 rings (SSSR count). The lowest BCUT2D eigenvalue weighted by molar-refractivity contribution is 0.759. The molecule has 0 spiro atoms. The van der Waals surface area contributed by atoms with Crippen LogP contribution in [0.2, 0.25) is 5.02 Å². The second-order valence-electron chi connectivity index (χ2n) is 3.09. The number of aromatic nitrogens is 1. The van der Waals surface area contributed by atoms with Crippen molar-refractivity contribution in [3.63, 3.8) is 0 Å². The molecule has 1 aliphatic heterocycles. The molecule has 0 radical (unpaired) electrons. The van der Waals surface area contributed by atoms with E-state index in [9.17, 15) is 0 Å². The van der Waals surface area contributed by atoms with Crippen molar-refractivity contribution in [3.05, 3.63) is 29.0 Å². The van der Waals surface area contributed by atoms with Gasteiger partial charge >= 0.3 is 0 Å². The lowest BCUT2D eigenvalue weighted by Crippen LogP contribution is -2.08.